The Bertz CT molecular complexity index is 1390. The van der Waals surface area contributed by atoms with Gasteiger partial charge in [-0.25, -0.2) is 18.1 Å². The zero-order valence-electron chi connectivity index (χ0n) is 22.7. The molecule has 9 nitrogen and oxygen atoms in total. The highest BCUT2D eigenvalue weighted by Gasteiger charge is 2.26. The summed E-state index contributed by atoms with van der Waals surface area (Å²) < 4.78 is 34.4. The molecular formula is C28H36N6O3S2. The molecule has 208 valence electrons. The van der Waals surface area contributed by atoms with E-state index in [-0.39, 0.29) is 4.90 Å². The summed E-state index contributed by atoms with van der Waals surface area (Å²) in [7, 11) is -3.65. The van der Waals surface area contributed by atoms with Crippen molar-refractivity contribution in [3.8, 4) is 5.75 Å². The third-order valence-electron chi connectivity index (χ3n) is 6.47. The maximum absolute atomic E-state index is 12.9. The molecule has 0 amide bonds. The molecule has 11 heteroatoms. The van der Waals surface area contributed by atoms with Gasteiger partial charge in [0.2, 0.25) is 16.0 Å². The summed E-state index contributed by atoms with van der Waals surface area (Å²) in [6, 6.07) is 14.8. The molecule has 2 N–H and O–H groups in total. The number of nitrogens with one attached hydrogen (secondary N) is 2. The van der Waals surface area contributed by atoms with E-state index >= 15 is 0 Å². The zero-order chi connectivity index (χ0) is 27.5. The van der Waals surface area contributed by atoms with Crippen LogP contribution in [0.15, 0.2) is 59.6 Å². The van der Waals surface area contributed by atoms with E-state index in [1.165, 1.54) is 11.5 Å². The summed E-state index contributed by atoms with van der Waals surface area (Å²) in [6.07, 6.45) is 2.62. The SMILES string of the molecule is CC(C)(C)NS(=O)(=O)c1cccc(N2CCc3cnc(Nc4ccc(OCCN5CCSCC5)cc4)nc32)c1. The minimum Gasteiger partial charge on any atom is -0.492 e. The number of sulfonamides is 1. The molecule has 1 saturated heterocycles. The lowest BCUT2D eigenvalue weighted by Crippen LogP contribution is -2.40. The molecule has 0 atom stereocenters. The first-order valence-electron chi connectivity index (χ1n) is 13.2. The standard InChI is InChI=1S/C28H36N6O3S2/c1-28(2,3)32-39(35,36)25-6-4-5-23(19-25)34-12-11-21-20-29-27(31-26(21)34)30-22-7-9-24(10-8-22)37-16-13-33-14-17-38-18-15-33/h4-10,19-20,32H,11-18H2,1-3H3,(H,29,30,31). The molecule has 0 aliphatic carbocycles. The average Bonchev–Trinajstić information content (AvgIpc) is 3.32. The Balaban J connectivity index is 1.24. The molecule has 2 aromatic carbocycles. The zero-order valence-corrected chi connectivity index (χ0v) is 24.3. The Labute approximate surface area is 235 Å². The van der Waals surface area contributed by atoms with Crippen molar-refractivity contribution in [1.82, 2.24) is 19.6 Å². The summed E-state index contributed by atoms with van der Waals surface area (Å²) >= 11 is 2.01. The lowest BCUT2D eigenvalue weighted by atomic mass is 10.1. The predicted molar refractivity (Wildman–Crippen MR) is 158 cm³/mol. The topological polar surface area (TPSA) is 99.7 Å². The van der Waals surface area contributed by atoms with Gasteiger partial charge in [0.15, 0.2) is 0 Å². The second-order valence-electron chi connectivity index (χ2n) is 10.7. The summed E-state index contributed by atoms with van der Waals surface area (Å²) in [5.74, 6) is 4.50. The lowest BCUT2D eigenvalue weighted by molar-refractivity contribution is 0.222. The molecule has 0 bridgehead atoms. The van der Waals surface area contributed by atoms with Gasteiger partial charge in [-0.05, 0) is 69.7 Å². The van der Waals surface area contributed by atoms with Crippen LogP contribution in [0.5, 0.6) is 5.75 Å². The van der Waals surface area contributed by atoms with Crippen LogP contribution in [0.1, 0.15) is 26.3 Å². The van der Waals surface area contributed by atoms with E-state index in [9.17, 15) is 8.42 Å². The van der Waals surface area contributed by atoms with E-state index in [1.54, 1.807) is 18.2 Å². The highest BCUT2D eigenvalue weighted by molar-refractivity contribution is 7.99. The number of nitrogens with zero attached hydrogens (tertiary/aromatic N) is 4. The molecule has 39 heavy (non-hydrogen) atoms. The fraction of sp³-hybridized carbons (Fsp3) is 0.429. The van der Waals surface area contributed by atoms with Gasteiger partial charge in [0.1, 0.15) is 18.2 Å². The van der Waals surface area contributed by atoms with Crippen LogP contribution in [0.25, 0.3) is 0 Å². The van der Waals surface area contributed by atoms with Gasteiger partial charge in [0, 0.05) is 66.4 Å². The smallest absolute Gasteiger partial charge is 0.241 e. The first-order chi connectivity index (χ1) is 18.7. The minimum atomic E-state index is -3.65. The second kappa shape index (κ2) is 11.7. The molecule has 5 rings (SSSR count). The third kappa shape index (κ3) is 7.21. The van der Waals surface area contributed by atoms with E-state index in [4.69, 9.17) is 9.72 Å². The highest BCUT2D eigenvalue weighted by atomic mass is 32.2. The molecule has 3 aromatic rings. The van der Waals surface area contributed by atoms with Crippen LogP contribution in [0.4, 0.5) is 23.1 Å². The van der Waals surface area contributed by atoms with Gasteiger partial charge in [0.05, 0.1) is 4.90 Å². The largest absolute Gasteiger partial charge is 0.492 e. The first kappa shape index (κ1) is 27.7. The van der Waals surface area contributed by atoms with Crippen molar-refractivity contribution in [1.29, 1.82) is 0 Å². The Morgan fingerprint density at radius 2 is 1.82 bits per heavy atom. The van der Waals surface area contributed by atoms with Gasteiger partial charge >= 0.3 is 0 Å². The van der Waals surface area contributed by atoms with E-state index < -0.39 is 15.6 Å². The monoisotopic (exact) mass is 568 g/mol. The van der Waals surface area contributed by atoms with Crippen LogP contribution in [-0.4, -0.2) is 73.1 Å². The minimum absolute atomic E-state index is 0.230. The Morgan fingerprint density at radius 1 is 1.05 bits per heavy atom. The summed E-state index contributed by atoms with van der Waals surface area (Å²) in [5, 5.41) is 3.28. The van der Waals surface area contributed by atoms with Crippen LogP contribution in [-0.2, 0) is 16.4 Å². The van der Waals surface area contributed by atoms with Gasteiger partial charge in [-0.15, -0.1) is 0 Å². The molecule has 3 heterocycles. The summed E-state index contributed by atoms with van der Waals surface area (Å²) in [5.41, 5.74) is 2.10. The fourth-order valence-corrected chi connectivity index (χ4v) is 7.06. The van der Waals surface area contributed by atoms with Crippen LogP contribution >= 0.6 is 11.8 Å². The number of fused-ring (bicyclic) bond motifs is 1. The second-order valence-corrected chi connectivity index (χ2v) is 13.7. The quantitative estimate of drug-likeness (QED) is 0.389. The van der Waals surface area contributed by atoms with Crippen LogP contribution in [0.3, 0.4) is 0 Å². The molecule has 0 spiro atoms. The third-order valence-corrected chi connectivity index (χ3v) is 9.17. The van der Waals surface area contributed by atoms with Crippen molar-refractivity contribution in [2.75, 3.05) is 54.5 Å². The van der Waals surface area contributed by atoms with Crippen LogP contribution < -0.4 is 19.7 Å². The number of ether oxygens (including phenoxy) is 1. The number of thioether (sulfide) groups is 1. The van der Waals surface area contributed by atoms with Crippen molar-refractivity contribution in [3.63, 3.8) is 0 Å². The maximum Gasteiger partial charge on any atom is 0.241 e. The molecule has 0 saturated carbocycles. The summed E-state index contributed by atoms with van der Waals surface area (Å²) in [4.78, 5) is 14.0. The van der Waals surface area contributed by atoms with E-state index in [1.807, 2.05) is 74.0 Å². The maximum atomic E-state index is 12.9. The van der Waals surface area contributed by atoms with Gasteiger partial charge in [-0.2, -0.15) is 16.7 Å². The Kier molecular flexibility index (Phi) is 8.32. The number of benzene rings is 2. The van der Waals surface area contributed by atoms with Crippen molar-refractivity contribution < 1.29 is 13.2 Å². The van der Waals surface area contributed by atoms with E-state index in [2.05, 4.69) is 19.9 Å². The number of hydrogen-bond acceptors (Lipinski definition) is 9. The number of anilines is 4. The number of aromatic nitrogens is 2. The van der Waals surface area contributed by atoms with Gasteiger partial charge in [0.25, 0.3) is 0 Å². The summed E-state index contributed by atoms with van der Waals surface area (Å²) in [6.45, 7) is 10.1. The highest BCUT2D eigenvalue weighted by Crippen LogP contribution is 2.34. The number of rotatable bonds is 9. The number of hydrogen-bond donors (Lipinski definition) is 2. The first-order valence-corrected chi connectivity index (χ1v) is 15.9. The molecule has 0 radical (unpaired) electrons. The molecule has 1 fully saturated rings. The van der Waals surface area contributed by atoms with Crippen molar-refractivity contribution in [3.05, 3.63) is 60.3 Å². The van der Waals surface area contributed by atoms with Crippen molar-refractivity contribution in [2.45, 2.75) is 37.6 Å². The van der Waals surface area contributed by atoms with Gasteiger partial charge in [-0.3, -0.25) is 4.90 Å². The Morgan fingerprint density at radius 3 is 2.56 bits per heavy atom. The van der Waals surface area contributed by atoms with Gasteiger partial charge in [-0.1, -0.05) is 6.07 Å². The molecule has 0 unspecified atom stereocenters. The normalized spacial score (nSPS) is 16.2. The molecular weight excluding hydrogens is 532 g/mol. The fourth-order valence-electron chi connectivity index (χ4n) is 4.62. The van der Waals surface area contributed by atoms with Crippen LogP contribution in [0.2, 0.25) is 0 Å². The van der Waals surface area contributed by atoms with Crippen molar-refractivity contribution in [2.24, 2.45) is 0 Å². The van der Waals surface area contributed by atoms with Crippen LogP contribution in [0, 0.1) is 0 Å². The average molecular weight is 569 g/mol. The predicted octanol–water partition coefficient (Wildman–Crippen LogP) is 4.42. The van der Waals surface area contributed by atoms with E-state index in [0.29, 0.717) is 19.1 Å². The molecule has 2 aliphatic rings. The molecule has 1 aromatic heterocycles. The van der Waals surface area contributed by atoms with Crippen molar-refractivity contribution >= 4 is 44.9 Å². The Hall–Kier alpha value is -2.86. The molecule has 2 aliphatic heterocycles. The lowest BCUT2D eigenvalue weighted by Gasteiger charge is -2.25. The van der Waals surface area contributed by atoms with Gasteiger partial charge < -0.3 is 15.0 Å². The van der Waals surface area contributed by atoms with E-state index in [0.717, 1.165) is 54.6 Å².